The van der Waals surface area contributed by atoms with Crippen LogP contribution < -0.4 is 4.90 Å². The van der Waals surface area contributed by atoms with E-state index in [1.165, 1.54) is 0 Å². The lowest BCUT2D eigenvalue weighted by Crippen LogP contribution is -2.48. The van der Waals surface area contributed by atoms with Gasteiger partial charge in [0.2, 0.25) is 0 Å². The molecule has 0 saturated carbocycles. The lowest BCUT2D eigenvalue weighted by Gasteiger charge is -2.34. The Morgan fingerprint density at radius 1 is 1.08 bits per heavy atom. The molecule has 0 spiro atoms. The third kappa shape index (κ3) is 3.29. The Hall–Kier alpha value is -2.11. The second kappa shape index (κ2) is 6.89. The molecule has 0 N–H and O–H groups in total. The third-order valence-electron chi connectivity index (χ3n) is 4.66. The molecule has 1 aromatic heterocycles. The molecule has 0 radical (unpaired) electrons. The van der Waals surface area contributed by atoms with Crippen molar-refractivity contribution in [2.24, 2.45) is 0 Å². The molecule has 0 atom stereocenters. The highest BCUT2D eigenvalue weighted by Crippen LogP contribution is 2.33. The molecular weight excluding hydrogens is 366 g/mol. The zero-order chi connectivity index (χ0) is 18.3. The number of carbonyl (C=O) groups is 1. The van der Waals surface area contributed by atoms with Crippen LogP contribution in [0, 0.1) is 13.8 Å². The first-order valence-corrected chi connectivity index (χ1v) is 9.88. The van der Waals surface area contributed by atoms with Crippen LogP contribution in [-0.2, 0) is 0 Å². The fourth-order valence-corrected chi connectivity index (χ4v) is 4.74. The molecule has 134 valence electrons. The number of hydrogen-bond acceptors (Lipinski definition) is 4. The van der Waals surface area contributed by atoms with Crippen LogP contribution in [0.3, 0.4) is 0 Å². The van der Waals surface area contributed by atoms with Gasteiger partial charge in [-0.1, -0.05) is 46.2 Å². The van der Waals surface area contributed by atoms with Gasteiger partial charge in [0.1, 0.15) is 5.52 Å². The van der Waals surface area contributed by atoms with Gasteiger partial charge in [0.25, 0.3) is 5.91 Å². The molecule has 0 unspecified atom stereocenters. The number of piperazine rings is 1. The number of para-hydroxylation sites is 1. The zero-order valence-corrected chi connectivity index (χ0v) is 16.4. The Kier molecular flexibility index (Phi) is 4.59. The number of hydrogen-bond donors (Lipinski definition) is 0. The molecule has 6 heteroatoms. The van der Waals surface area contributed by atoms with Gasteiger partial charge in [-0.15, -0.1) is 0 Å². The van der Waals surface area contributed by atoms with Gasteiger partial charge in [-0.05, 0) is 38.1 Å². The van der Waals surface area contributed by atoms with E-state index in [9.17, 15) is 4.79 Å². The van der Waals surface area contributed by atoms with E-state index in [2.05, 4.69) is 11.0 Å². The number of rotatable bonds is 2. The van der Waals surface area contributed by atoms with Crippen molar-refractivity contribution in [3.05, 3.63) is 58.1 Å². The maximum absolute atomic E-state index is 12.8. The molecule has 1 saturated heterocycles. The Balaban J connectivity index is 1.48. The summed E-state index contributed by atoms with van der Waals surface area (Å²) >= 11 is 7.89. The highest BCUT2D eigenvalue weighted by Gasteiger charge is 2.24. The van der Waals surface area contributed by atoms with Gasteiger partial charge < -0.3 is 9.80 Å². The first-order chi connectivity index (χ1) is 12.5. The molecule has 1 fully saturated rings. The van der Waals surface area contributed by atoms with Crippen LogP contribution in [0.5, 0.6) is 0 Å². The molecule has 0 bridgehead atoms. The average Bonchev–Trinajstić information content (AvgIpc) is 3.06. The monoisotopic (exact) mass is 385 g/mol. The van der Waals surface area contributed by atoms with Crippen molar-refractivity contribution < 1.29 is 4.79 Å². The summed E-state index contributed by atoms with van der Waals surface area (Å²) in [6.07, 6.45) is 0. The van der Waals surface area contributed by atoms with Crippen LogP contribution in [0.15, 0.2) is 36.4 Å². The molecule has 1 aliphatic rings. The maximum atomic E-state index is 12.8. The van der Waals surface area contributed by atoms with Crippen molar-refractivity contribution >= 4 is 44.2 Å². The third-order valence-corrected chi connectivity index (χ3v) is 6.05. The van der Waals surface area contributed by atoms with Crippen molar-refractivity contribution in [1.29, 1.82) is 0 Å². The lowest BCUT2D eigenvalue weighted by molar-refractivity contribution is 0.0746. The van der Waals surface area contributed by atoms with Gasteiger partial charge in [-0.2, -0.15) is 0 Å². The summed E-state index contributed by atoms with van der Waals surface area (Å²) in [5, 5.41) is 1.67. The molecule has 1 amide bonds. The maximum Gasteiger partial charge on any atom is 0.253 e. The van der Waals surface area contributed by atoms with E-state index >= 15 is 0 Å². The number of aromatic nitrogens is 1. The first-order valence-electron chi connectivity index (χ1n) is 8.69. The van der Waals surface area contributed by atoms with Gasteiger partial charge in [0.15, 0.2) is 5.13 Å². The highest BCUT2D eigenvalue weighted by atomic mass is 35.5. The van der Waals surface area contributed by atoms with E-state index in [-0.39, 0.29) is 5.91 Å². The van der Waals surface area contributed by atoms with Crippen LogP contribution in [0.2, 0.25) is 5.02 Å². The summed E-state index contributed by atoms with van der Waals surface area (Å²) in [4.78, 5) is 21.7. The SMILES string of the molecule is Cc1cc(C)cc(C(=O)N2CCN(c3nc4c(Cl)cccc4s3)CC2)c1. The van der Waals surface area contributed by atoms with Crippen LogP contribution in [0.4, 0.5) is 5.13 Å². The lowest BCUT2D eigenvalue weighted by atomic mass is 10.1. The summed E-state index contributed by atoms with van der Waals surface area (Å²) in [7, 11) is 0. The second-order valence-corrected chi connectivity index (χ2v) is 8.15. The number of fused-ring (bicyclic) bond motifs is 1. The smallest absolute Gasteiger partial charge is 0.253 e. The summed E-state index contributed by atoms with van der Waals surface area (Å²) in [5.74, 6) is 0.115. The minimum absolute atomic E-state index is 0.115. The standard InChI is InChI=1S/C20H20ClN3OS/c1-13-10-14(2)12-15(11-13)19(25)23-6-8-24(9-7-23)20-22-18-16(21)4-3-5-17(18)26-20/h3-5,10-12H,6-9H2,1-2H3. The number of amides is 1. The molecular formula is C20H20ClN3OS. The molecule has 1 aliphatic heterocycles. The molecule has 2 aromatic carbocycles. The quantitative estimate of drug-likeness (QED) is 0.650. The van der Waals surface area contributed by atoms with Crippen molar-refractivity contribution in [1.82, 2.24) is 9.88 Å². The van der Waals surface area contributed by atoms with Gasteiger partial charge in [-0.25, -0.2) is 4.98 Å². The Morgan fingerprint density at radius 2 is 1.77 bits per heavy atom. The highest BCUT2D eigenvalue weighted by molar-refractivity contribution is 7.22. The number of aryl methyl sites for hydroxylation is 2. The van der Waals surface area contributed by atoms with Gasteiger partial charge in [0, 0.05) is 31.7 Å². The molecule has 2 heterocycles. The number of benzene rings is 2. The molecule has 26 heavy (non-hydrogen) atoms. The molecule has 3 aromatic rings. The Morgan fingerprint density at radius 3 is 2.42 bits per heavy atom. The number of thiazole rings is 1. The van der Waals surface area contributed by atoms with Crippen LogP contribution in [0.25, 0.3) is 10.2 Å². The summed E-state index contributed by atoms with van der Waals surface area (Å²) in [5.41, 5.74) is 3.89. The topological polar surface area (TPSA) is 36.4 Å². The van der Waals surface area contributed by atoms with E-state index in [1.54, 1.807) is 11.3 Å². The number of halogens is 1. The minimum atomic E-state index is 0.115. The normalized spacial score (nSPS) is 14.9. The molecule has 0 aliphatic carbocycles. The van der Waals surface area contributed by atoms with Gasteiger partial charge >= 0.3 is 0 Å². The number of anilines is 1. The first kappa shape index (κ1) is 17.3. The van der Waals surface area contributed by atoms with Crippen molar-refractivity contribution in [2.75, 3.05) is 31.1 Å². The number of carbonyl (C=O) groups excluding carboxylic acids is 1. The Bertz CT molecular complexity index is 956. The van der Waals surface area contributed by atoms with Crippen LogP contribution >= 0.6 is 22.9 Å². The van der Waals surface area contributed by atoms with Gasteiger partial charge in [-0.3, -0.25) is 4.79 Å². The summed E-state index contributed by atoms with van der Waals surface area (Å²) < 4.78 is 1.10. The van der Waals surface area contributed by atoms with E-state index in [0.717, 1.165) is 45.1 Å². The Labute approximate surface area is 162 Å². The average molecular weight is 386 g/mol. The largest absolute Gasteiger partial charge is 0.345 e. The van der Waals surface area contributed by atoms with Crippen molar-refractivity contribution in [3.8, 4) is 0 Å². The molecule has 4 nitrogen and oxygen atoms in total. The fourth-order valence-electron chi connectivity index (χ4n) is 3.42. The predicted molar refractivity (Wildman–Crippen MR) is 109 cm³/mol. The number of nitrogens with zero attached hydrogens (tertiary/aromatic N) is 3. The van der Waals surface area contributed by atoms with Crippen LogP contribution in [0.1, 0.15) is 21.5 Å². The predicted octanol–water partition coefficient (Wildman–Crippen LogP) is 4.53. The van der Waals surface area contributed by atoms with E-state index < -0.39 is 0 Å². The zero-order valence-electron chi connectivity index (χ0n) is 14.8. The second-order valence-electron chi connectivity index (χ2n) is 6.74. The minimum Gasteiger partial charge on any atom is -0.345 e. The summed E-state index contributed by atoms with van der Waals surface area (Å²) in [6, 6.07) is 11.9. The van der Waals surface area contributed by atoms with Crippen LogP contribution in [-0.4, -0.2) is 42.0 Å². The van der Waals surface area contributed by atoms with Gasteiger partial charge in [0.05, 0.1) is 9.72 Å². The van der Waals surface area contributed by atoms with Crippen molar-refractivity contribution in [3.63, 3.8) is 0 Å². The van der Waals surface area contributed by atoms with E-state index in [4.69, 9.17) is 16.6 Å². The fraction of sp³-hybridized carbons (Fsp3) is 0.300. The summed E-state index contributed by atoms with van der Waals surface area (Å²) in [6.45, 7) is 7.03. The van der Waals surface area contributed by atoms with E-state index in [1.807, 2.05) is 49.1 Å². The van der Waals surface area contributed by atoms with E-state index in [0.29, 0.717) is 18.1 Å². The van der Waals surface area contributed by atoms with Crippen molar-refractivity contribution in [2.45, 2.75) is 13.8 Å². The molecule has 4 rings (SSSR count).